The molecular weight excluding hydrogens is 512 g/mol. The second-order valence-electron chi connectivity index (χ2n) is 6.91. The number of unbranched alkanes of at least 4 members (excludes halogenated alkanes) is 2. The highest BCUT2D eigenvalue weighted by Crippen LogP contribution is 2.39. The van der Waals surface area contributed by atoms with Gasteiger partial charge in [-0.25, -0.2) is 0 Å². The van der Waals surface area contributed by atoms with Crippen LogP contribution in [0.1, 0.15) is 42.1 Å². The van der Waals surface area contributed by atoms with Crippen molar-refractivity contribution in [2.45, 2.75) is 26.2 Å². The summed E-state index contributed by atoms with van der Waals surface area (Å²) in [6, 6.07) is 12.3. The van der Waals surface area contributed by atoms with E-state index in [1.54, 1.807) is 43.5 Å². The zero-order valence-corrected chi connectivity index (χ0v) is 20.9. The van der Waals surface area contributed by atoms with E-state index in [0.29, 0.717) is 28.6 Å². The van der Waals surface area contributed by atoms with Gasteiger partial charge in [-0.3, -0.25) is 15.0 Å². The van der Waals surface area contributed by atoms with Crippen LogP contribution in [0.15, 0.2) is 51.8 Å². The molecule has 1 heterocycles. The number of thiocarbonyl (C=S) groups is 1. The van der Waals surface area contributed by atoms with Crippen LogP contribution in [0, 0.1) is 0 Å². The van der Waals surface area contributed by atoms with Crippen LogP contribution in [0.5, 0.6) is 11.5 Å². The van der Waals surface area contributed by atoms with E-state index in [2.05, 4.69) is 28.3 Å². The van der Waals surface area contributed by atoms with Crippen molar-refractivity contribution >= 4 is 62.1 Å². The average Bonchev–Trinajstić information content (AvgIpc) is 3.05. The van der Waals surface area contributed by atoms with E-state index in [1.165, 1.54) is 0 Å². The Morgan fingerprint density at radius 1 is 1.25 bits per heavy atom. The molecule has 0 unspecified atom stereocenters. The quantitative estimate of drug-likeness (QED) is 0.257. The zero-order chi connectivity index (χ0) is 23.1. The van der Waals surface area contributed by atoms with Gasteiger partial charge < -0.3 is 9.47 Å². The van der Waals surface area contributed by atoms with E-state index in [0.717, 1.165) is 46.1 Å². The molecule has 32 heavy (non-hydrogen) atoms. The van der Waals surface area contributed by atoms with Crippen molar-refractivity contribution in [2.24, 2.45) is 0 Å². The van der Waals surface area contributed by atoms with Gasteiger partial charge in [-0.1, -0.05) is 49.7 Å². The molecule has 1 fully saturated rings. The summed E-state index contributed by atoms with van der Waals surface area (Å²) in [5, 5.41) is 1.10. The topological polar surface area (TPSA) is 67.9 Å². The van der Waals surface area contributed by atoms with Gasteiger partial charge in [0.15, 0.2) is 15.8 Å². The molecule has 168 valence electrons. The fraction of sp³-hybridized carbons (Fsp3) is 0.261. The first-order valence-electron chi connectivity index (χ1n) is 10.1. The van der Waals surface area contributed by atoms with Gasteiger partial charge in [-0.15, -0.1) is 0 Å². The summed E-state index contributed by atoms with van der Waals surface area (Å²) in [7, 11) is 1.57. The van der Waals surface area contributed by atoms with Crippen LogP contribution in [0.4, 0.5) is 0 Å². The van der Waals surface area contributed by atoms with Gasteiger partial charge >= 0.3 is 0 Å². The van der Waals surface area contributed by atoms with Gasteiger partial charge in [0, 0.05) is 5.56 Å². The lowest BCUT2D eigenvalue weighted by Gasteiger charge is -2.15. The molecule has 1 saturated heterocycles. The SMILES string of the molecule is CCCCCOc1c(Br)cc(/C=C2\SC(=S)N(NC(=O)c3ccccc3)C2=O)cc1OC. The van der Waals surface area contributed by atoms with Crippen molar-refractivity contribution in [3.05, 3.63) is 63.0 Å². The molecule has 0 atom stereocenters. The molecule has 2 aromatic rings. The third kappa shape index (κ3) is 5.90. The summed E-state index contributed by atoms with van der Waals surface area (Å²) in [4.78, 5) is 25.7. The number of carbonyl (C=O) groups is 2. The van der Waals surface area contributed by atoms with Crippen LogP contribution in [0.2, 0.25) is 0 Å². The number of nitrogens with one attached hydrogen (secondary N) is 1. The van der Waals surface area contributed by atoms with E-state index >= 15 is 0 Å². The Morgan fingerprint density at radius 3 is 2.69 bits per heavy atom. The predicted octanol–water partition coefficient (Wildman–Crippen LogP) is 5.57. The summed E-state index contributed by atoms with van der Waals surface area (Å²) >= 11 is 9.96. The highest BCUT2D eigenvalue weighted by molar-refractivity contribution is 9.10. The molecule has 9 heteroatoms. The molecule has 0 bridgehead atoms. The Hall–Kier alpha value is -2.36. The number of halogens is 1. The molecular formula is C23H23BrN2O4S2. The number of carbonyl (C=O) groups excluding carboxylic acids is 2. The third-order valence-electron chi connectivity index (χ3n) is 4.59. The van der Waals surface area contributed by atoms with E-state index in [4.69, 9.17) is 21.7 Å². The fourth-order valence-corrected chi connectivity index (χ4v) is 4.71. The highest BCUT2D eigenvalue weighted by atomic mass is 79.9. The molecule has 2 amide bonds. The van der Waals surface area contributed by atoms with Crippen LogP contribution in [0.3, 0.4) is 0 Å². The van der Waals surface area contributed by atoms with Gasteiger partial charge in [-0.2, -0.15) is 5.01 Å². The largest absolute Gasteiger partial charge is 0.493 e. The number of hydrogen-bond donors (Lipinski definition) is 1. The Balaban J connectivity index is 1.76. The number of thioether (sulfide) groups is 1. The second-order valence-corrected chi connectivity index (χ2v) is 9.44. The number of nitrogens with zero attached hydrogens (tertiary/aromatic N) is 1. The number of ether oxygens (including phenoxy) is 2. The number of hydrazine groups is 1. The van der Waals surface area contributed by atoms with Crippen LogP contribution >= 0.6 is 39.9 Å². The Labute approximate surface area is 205 Å². The lowest BCUT2D eigenvalue weighted by Crippen LogP contribution is -2.44. The van der Waals surface area contributed by atoms with Crippen molar-refractivity contribution in [1.29, 1.82) is 0 Å². The summed E-state index contributed by atoms with van der Waals surface area (Å²) in [6.07, 6.45) is 4.89. The number of methoxy groups -OCH3 is 1. The molecule has 0 aliphatic carbocycles. The summed E-state index contributed by atoms with van der Waals surface area (Å²) in [6.45, 7) is 2.74. The highest BCUT2D eigenvalue weighted by Gasteiger charge is 2.34. The van der Waals surface area contributed by atoms with E-state index in [-0.39, 0.29) is 10.2 Å². The first-order chi connectivity index (χ1) is 15.4. The number of rotatable bonds is 9. The maximum absolute atomic E-state index is 12.9. The van der Waals surface area contributed by atoms with Crippen molar-refractivity contribution in [1.82, 2.24) is 10.4 Å². The number of benzene rings is 2. The minimum atomic E-state index is -0.405. The maximum atomic E-state index is 12.9. The molecule has 2 aromatic carbocycles. The first-order valence-corrected chi connectivity index (χ1v) is 12.1. The normalized spacial score (nSPS) is 14.7. The van der Waals surface area contributed by atoms with Crippen molar-refractivity contribution in [2.75, 3.05) is 13.7 Å². The third-order valence-corrected chi connectivity index (χ3v) is 6.48. The van der Waals surface area contributed by atoms with E-state index < -0.39 is 5.91 Å². The van der Waals surface area contributed by atoms with Crippen molar-refractivity contribution < 1.29 is 19.1 Å². The monoisotopic (exact) mass is 534 g/mol. The molecule has 3 rings (SSSR count). The first kappa shape index (κ1) is 24.3. The number of amides is 2. The molecule has 0 radical (unpaired) electrons. The van der Waals surface area contributed by atoms with E-state index in [9.17, 15) is 9.59 Å². The molecule has 6 nitrogen and oxygen atoms in total. The minimum Gasteiger partial charge on any atom is -0.493 e. The van der Waals surface area contributed by atoms with Gasteiger partial charge in [0.2, 0.25) is 0 Å². The Kier molecular flexibility index (Phi) is 8.72. The van der Waals surface area contributed by atoms with Gasteiger partial charge in [0.05, 0.1) is 23.1 Å². The van der Waals surface area contributed by atoms with Gasteiger partial charge in [0.25, 0.3) is 11.8 Å². The molecule has 1 N–H and O–H groups in total. The minimum absolute atomic E-state index is 0.257. The van der Waals surface area contributed by atoms with Crippen molar-refractivity contribution in [3.8, 4) is 11.5 Å². The molecule has 0 saturated carbocycles. The van der Waals surface area contributed by atoms with Crippen LogP contribution < -0.4 is 14.9 Å². The summed E-state index contributed by atoms with van der Waals surface area (Å²) < 4.78 is 12.4. The zero-order valence-electron chi connectivity index (χ0n) is 17.7. The Morgan fingerprint density at radius 2 is 2.00 bits per heavy atom. The summed E-state index contributed by atoms with van der Waals surface area (Å²) in [5.74, 6) is 0.398. The maximum Gasteiger partial charge on any atom is 0.285 e. The average molecular weight is 535 g/mol. The van der Waals surface area contributed by atoms with Gasteiger partial charge in [-0.05, 0) is 70.5 Å². The molecule has 1 aliphatic rings. The lowest BCUT2D eigenvalue weighted by molar-refractivity contribution is -0.123. The van der Waals surface area contributed by atoms with Crippen molar-refractivity contribution in [3.63, 3.8) is 0 Å². The second kappa shape index (κ2) is 11.5. The summed E-state index contributed by atoms with van der Waals surface area (Å²) in [5.41, 5.74) is 3.75. The van der Waals surface area contributed by atoms with Crippen LogP contribution in [-0.2, 0) is 4.79 Å². The van der Waals surface area contributed by atoms with Crippen LogP contribution in [0.25, 0.3) is 6.08 Å². The van der Waals surface area contributed by atoms with Gasteiger partial charge in [0.1, 0.15) is 0 Å². The van der Waals surface area contributed by atoms with E-state index in [1.807, 2.05) is 12.1 Å². The standard InChI is InChI=1S/C23H23BrN2O4S2/c1-3-4-8-11-30-20-17(24)12-15(13-18(20)29-2)14-19-22(28)26(23(31)32-19)25-21(27)16-9-6-5-7-10-16/h5-7,9-10,12-14H,3-4,8,11H2,1-2H3,(H,25,27)/b19-14-. The smallest absolute Gasteiger partial charge is 0.285 e. The van der Waals surface area contributed by atoms with Crippen LogP contribution in [-0.4, -0.2) is 34.9 Å². The molecule has 0 aromatic heterocycles. The number of hydrogen-bond acceptors (Lipinski definition) is 6. The fourth-order valence-electron chi connectivity index (χ4n) is 2.96. The molecule has 1 aliphatic heterocycles. The Bertz CT molecular complexity index is 1040. The predicted molar refractivity (Wildman–Crippen MR) is 135 cm³/mol. The lowest BCUT2D eigenvalue weighted by atomic mass is 10.2. The molecule has 0 spiro atoms.